The van der Waals surface area contributed by atoms with E-state index >= 15 is 0 Å². The second-order valence-corrected chi connectivity index (χ2v) is 10.2. The summed E-state index contributed by atoms with van der Waals surface area (Å²) < 4.78 is 17.5. The fourth-order valence-corrected chi connectivity index (χ4v) is 8.53. The van der Waals surface area contributed by atoms with Gasteiger partial charge in [-0.3, -0.25) is 0 Å². The van der Waals surface area contributed by atoms with Crippen LogP contribution in [0.2, 0.25) is 0 Å². The Morgan fingerprint density at radius 2 is 0.917 bits per heavy atom. The molecule has 24 heavy (non-hydrogen) atoms. The van der Waals surface area contributed by atoms with Gasteiger partial charge in [-0.1, -0.05) is 0 Å². The van der Waals surface area contributed by atoms with Crippen molar-refractivity contribution in [3.05, 3.63) is 91.0 Å². The van der Waals surface area contributed by atoms with E-state index in [1.807, 2.05) is 91.0 Å². The first-order chi connectivity index (χ1) is 11.5. The van der Waals surface area contributed by atoms with Crippen LogP contribution in [-0.4, -0.2) is 9.79 Å². The molecule has 124 valence electrons. The minimum atomic E-state index is -4.72. The van der Waals surface area contributed by atoms with Gasteiger partial charge in [0.15, 0.2) is 0 Å². The molecule has 3 aromatic carbocycles. The van der Waals surface area contributed by atoms with Crippen LogP contribution in [0, 0.1) is 0 Å². The first-order valence-electron chi connectivity index (χ1n) is 7.45. The van der Waals surface area contributed by atoms with E-state index in [9.17, 15) is 14.4 Å². The maximum atomic E-state index is 11.9. The molecule has 0 unspecified atom stereocenters. The van der Waals surface area contributed by atoms with Crippen molar-refractivity contribution in [1.29, 1.82) is 0 Å². The van der Waals surface area contributed by atoms with Crippen LogP contribution in [0.4, 0.5) is 0 Å². The van der Waals surface area contributed by atoms with Crippen molar-refractivity contribution in [3.63, 3.8) is 0 Å². The van der Waals surface area contributed by atoms with Crippen molar-refractivity contribution in [1.82, 2.24) is 0 Å². The van der Waals surface area contributed by atoms with Gasteiger partial charge in [0.2, 0.25) is 0 Å². The fourth-order valence-electron chi connectivity index (χ4n) is 2.86. The van der Waals surface area contributed by atoms with Gasteiger partial charge >= 0.3 is 141 Å². The Morgan fingerprint density at radius 3 is 1.17 bits per heavy atom. The van der Waals surface area contributed by atoms with Gasteiger partial charge in [-0.15, -0.1) is 0 Å². The molecule has 2 N–H and O–H groups in total. The molecule has 0 aromatic heterocycles. The van der Waals surface area contributed by atoms with E-state index in [0.717, 1.165) is 15.9 Å². The van der Waals surface area contributed by atoms with E-state index in [2.05, 4.69) is 0 Å². The standard InChI is InChI=1S/C18H18O4P2/c19-24(20,21)22-23(16-10-4-1-5-11-16,17-12-6-2-7-13-17)18-14-8-3-9-15-18/h1-15,23H,(H2,19,20,21). The molecule has 0 amide bonds. The molecule has 3 aromatic rings. The molecule has 0 bridgehead atoms. The Hall–Kier alpha value is -1.80. The molecule has 0 spiro atoms. The summed E-state index contributed by atoms with van der Waals surface area (Å²) in [5.74, 6) is 0. The zero-order valence-electron chi connectivity index (χ0n) is 12.8. The Bertz CT molecular complexity index is 736. The Labute approximate surface area is 141 Å². The summed E-state index contributed by atoms with van der Waals surface area (Å²) in [6, 6.07) is 27.9. The van der Waals surface area contributed by atoms with E-state index in [0.29, 0.717) is 0 Å². The molecule has 0 aliphatic carbocycles. The summed E-state index contributed by atoms with van der Waals surface area (Å²) in [6.45, 7) is 0. The van der Waals surface area contributed by atoms with Crippen LogP contribution in [0.1, 0.15) is 0 Å². The van der Waals surface area contributed by atoms with Gasteiger partial charge in [-0.25, -0.2) is 0 Å². The predicted octanol–water partition coefficient (Wildman–Crippen LogP) is 2.74. The molecule has 3 rings (SSSR count). The fraction of sp³-hybridized carbons (Fsp3) is 0. The number of rotatable bonds is 5. The van der Waals surface area contributed by atoms with Gasteiger partial charge < -0.3 is 0 Å². The van der Waals surface area contributed by atoms with E-state index in [1.54, 1.807) is 0 Å². The summed E-state index contributed by atoms with van der Waals surface area (Å²) >= 11 is 0. The van der Waals surface area contributed by atoms with Crippen molar-refractivity contribution in [3.8, 4) is 0 Å². The van der Waals surface area contributed by atoms with Crippen LogP contribution < -0.4 is 15.9 Å². The third kappa shape index (κ3) is 3.49. The third-order valence-corrected chi connectivity index (χ3v) is 9.28. The van der Waals surface area contributed by atoms with E-state index in [1.165, 1.54) is 0 Å². The number of hydrogen-bond acceptors (Lipinski definition) is 2. The number of hydrogen-bond donors (Lipinski definition) is 2. The van der Waals surface area contributed by atoms with Crippen LogP contribution in [-0.2, 0) is 8.88 Å². The van der Waals surface area contributed by atoms with Gasteiger partial charge in [0.25, 0.3) is 0 Å². The van der Waals surface area contributed by atoms with Crippen LogP contribution in [0.15, 0.2) is 91.0 Å². The molecule has 0 saturated carbocycles. The molecular formula is C18H18O4P2. The molecule has 0 aliphatic heterocycles. The van der Waals surface area contributed by atoms with Crippen LogP contribution >= 0.6 is 15.3 Å². The summed E-state index contributed by atoms with van der Waals surface area (Å²) in [7, 11) is -8.04. The SMILES string of the molecule is O=P(O)(O)O[PH](c1ccccc1)(c1ccccc1)c1ccccc1. The summed E-state index contributed by atoms with van der Waals surface area (Å²) in [4.78, 5) is 19.3. The van der Waals surface area contributed by atoms with Crippen LogP contribution in [0.3, 0.4) is 0 Å². The average Bonchev–Trinajstić information content (AvgIpc) is 2.61. The third-order valence-electron chi connectivity index (χ3n) is 3.80. The summed E-state index contributed by atoms with van der Waals surface area (Å²) in [5.41, 5.74) is 0. The van der Waals surface area contributed by atoms with Crippen LogP contribution in [0.5, 0.6) is 0 Å². The van der Waals surface area contributed by atoms with Gasteiger partial charge in [0.05, 0.1) is 0 Å². The van der Waals surface area contributed by atoms with Gasteiger partial charge in [-0.05, 0) is 0 Å². The van der Waals surface area contributed by atoms with Crippen molar-refractivity contribution >= 4 is 31.2 Å². The number of benzene rings is 3. The number of phosphoric acid groups is 1. The monoisotopic (exact) mass is 360 g/mol. The molecular weight excluding hydrogens is 342 g/mol. The van der Waals surface area contributed by atoms with Gasteiger partial charge in [-0.2, -0.15) is 0 Å². The molecule has 0 radical (unpaired) electrons. The van der Waals surface area contributed by atoms with E-state index in [4.69, 9.17) is 4.31 Å². The Kier molecular flexibility index (Phi) is 4.96. The van der Waals surface area contributed by atoms with Gasteiger partial charge in [0.1, 0.15) is 0 Å². The quantitative estimate of drug-likeness (QED) is 0.687. The van der Waals surface area contributed by atoms with Crippen molar-refractivity contribution in [2.24, 2.45) is 0 Å². The second-order valence-electron chi connectivity index (χ2n) is 5.36. The minimum absolute atomic E-state index is 0.783. The first-order valence-corrected chi connectivity index (χ1v) is 10.9. The van der Waals surface area contributed by atoms with Crippen molar-refractivity contribution in [2.45, 2.75) is 0 Å². The van der Waals surface area contributed by atoms with Crippen molar-refractivity contribution < 1.29 is 18.7 Å². The summed E-state index contributed by atoms with van der Waals surface area (Å²) in [5, 5.41) is 2.35. The maximum absolute atomic E-state index is 11.9. The topological polar surface area (TPSA) is 66.8 Å². The average molecular weight is 360 g/mol. The predicted molar refractivity (Wildman–Crippen MR) is 99.7 cm³/mol. The normalized spacial score (nSPS) is 12.8. The molecule has 6 heteroatoms. The molecule has 0 atom stereocenters. The Balaban J connectivity index is 2.35. The Morgan fingerprint density at radius 1 is 0.625 bits per heavy atom. The molecule has 4 nitrogen and oxygen atoms in total. The van der Waals surface area contributed by atoms with Crippen molar-refractivity contribution in [2.75, 3.05) is 0 Å². The molecule has 0 aliphatic rings. The second kappa shape index (κ2) is 6.98. The summed E-state index contributed by atoms with van der Waals surface area (Å²) in [6.07, 6.45) is 0. The van der Waals surface area contributed by atoms with Crippen LogP contribution in [0.25, 0.3) is 0 Å². The molecule has 0 saturated heterocycles. The first kappa shape index (κ1) is 17.0. The van der Waals surface area contributed by atoms with E-state index < -0.39 is 15.3 Å². The zero-order valence-corrected chi connectivity index (χ0v) is 14.7. The molecule has 0 fully saturated rings. The molecule has 0 heterocycles. The van der Waals surface area contributed by atoms with Gasteiger partial charge in [0, 0.05) is 0 Å². The zero-order chi connectivity index (χ0) is 17.0. The van der Waals surface area contributed by atoms with E-state index in [-0.39, 0.29) is 0 Å².